The van der Waals surface area contributed by atoms with E-state index in [1.54, 1.807) is 0 Å². The van der Waals surface area contributed by atoms with Crippen molar-refractivity contribution >= 4 is 24.4 Å². The van der Waals surface area contributed by atoms with Crippen LogP contribution in [-0.4, -0.2) is 13.9 Å². The third-order valence-electron chi connectivity index (χ3n) is 4.17. The fourth-order valence-corrected chi connectivity index (χ4v) is 3.70. The molecule has 0 aliphatic carbocycles. The fourth-order valence-electron chi connectivity index (χ4n) is 2.93. The maximum atomic E-state index is 5.68. The van der Waals surface area contributed by atoms with Gasteiger partial charge < -0.3 is 0 Å². The van der Waals surface area contributed by atoms with Crippen molar-refractivity contribution in [1.82, 2.24) is 13.9 Å². The van der Waals surface area contributed by atoms with E-state index in [0.717, 1.165) is 28.3 Å². The minimum absolute atomic E-state index is 0.753. The molecular weight excluding hydrogens is 310 g/mol. The Morgan fingerprint density at radius 3 is 1.77 bits per heavy atom. The van der Waals surface area contributed by atoms with Crippen LogP contribution in [0.25, 0.3) is 5.69 Å². The average molecular weight is 325 g/mol. The second-order valence-electron chi connectivity index (χ2n) is 5.62. The van der Waals surface area contributed by atoms with Gasteiger partial charge in [-0.25, -0.2) is 0 Å². The Morgan fingerprint density at radius 2 is 1.27 bits per heavy atom. The van der Waals surface area contributed by atoms with Crippen molar-refractivity contribution in [3.63, 3.8) is 0 Å². The summed E-state index contributed by atoms with van der Waals surface area (Å²) in [6, 6.07) is 16.8. The van der Waals surface area contributed by atoms with E-state index in [4.69, 9.17) is 24.4 Å². The number of fused-ring (bicyclic) bond motifs is 2. The van der Waals surface area contributed by atoms with Crippen LogP contribution in [0, 0.1) is 16.5 Å². The smallest absolute Gasteiger partial charge is 0.202 e. The van der Waals surface area contributed by atoms with E-state index in [0.29, 0.717) is 0 Å². The van der Waals surface area contributed by atoms with E-state index in [1.165, 1.54) is 16.7 Å². The molecule has 0 bridgehead atoms. The van der Waals surface area contributed by atoms with Crippen molar-refractivity contribution in [2.24, 2.45) is 0 Å². The van der Waals surface area contributed by atoms with Crippen LogP contribution in [0.1, 0.15) is 16.7 Å². The van der Waals surface area contributed by atoms with Crippen molar-refractivity contribution in [3.8, 4) is 5.69 Å². The zero-order chi connectivity index (χ0) is 15.3. The van der Waals surface area contributed by atoms with Crippen molar-refractivity contribution < 1.29 is 0 Å². The molecule has 3 aromatic rings. The third kappa shape index (κ3) is 2.01. The fraction of sp³-hybridized carbons (Fsp3) is 0.176. The van der Waals surface area contributed by atoms with Crippen molar-refractivity contribution in [1.29, 1.82) is 0 Å². The highest BCUT2D eigenvalue weighted by molar-refractivity contribution is 7.72. The molecule has 2 heterocycles. The summed E-state index contributed by atoms with van der Waals surface area (Å²) in [5, 5.41) is 0. The molecule has 3 nitrogen and oxygen atoms in total. The summed E-state index contributed by atoms with van der Waals surface area (Å²) in [4.78, 5) is 0. The Bertz CT molecular complexity index is 918. The molecule has 5 heteroatoms. The first-order valence-corrected chi connectivity index (χ1v) is 8.03. The van der Waals surface area contributed by atoms with Gasteiger partial charge in [-0.1, -0.05) is 42.0 Å². The van der Waals surface area contributed by atoms with Crippen molar-refractivity contribution in [3.05, 3.63) is 74.8 Å². The monoisotopic (exact) mass is 325 g/mol. The van der Waals surface area contributed by atoms with E-state index in [9.17, 15) is 0 Å². The lowest BCUT2D eigenvalue weighted by molar-refractivity contribution is 0.475. The van der Waals surface area contributed by atoms with Gasteiger partial charge in [0, 0.05) is 0 Å². The molecule has 1 aromatic heterocycles. The quantitative estimate of drug-likeness (QED) is 0.486. The zero-order valence-corrected chi connectivity index (χ0v) is 13.8. The van der Waals surface area contributed by atoms with Gasteiger partial charge in [-0.2, -0.15) is 0 Å². The van der Waals surface area contributed by atoms with E-state index >= 15 is 0 Å². The van der Waals surface area contributed by atoms with Crippen LogP contribution >= 0.6 is 24.4 Å². The van der Waals surface area contributed by atoms with Crippen molar-refractivity contribution in [2.75, 3.05) is 0 Å². The first kappa shape index (κ1) is 13.7. The minimum Gasteiger partial charge on any atom is -0.261 e. The van der Waals surface area contributed by atoms with Crippen molar-refractivity contribution in [2.45, 2.75) is 20.0 Å². The number of hydrogen-bond donors (Lipinski definition) is 0. The number of aryl methyl sites for hydroxylation is 1. The van der Waals surface area contributed by atoms with Gasteiger partial charge in [0.15, 0.2) is 0 Å². The molecule has 1 aliphatic heterocycles. The highest BCUT2D eigenvalue weighted by atomic mass is 32.1. The number of rotatable bonds is 1. The van der Waals surface area contributed by atoms with Gasteiger partial charge >= 0.3 is 0 Å². The van der Waals surface area contributed by atoms with Gasteiger partial charge in [-0.3, -0.25) is 13.9 Å². The maximum absolute atomic E-state index is 5.68. The SMILES string of the molecule is Cc1ccc(-n2c(=S)n3n(c2=S)Cc2ccccc2C3)cc1. The zero-order valence-electron chi connectivity index (χ0n) is 12.2. The second-order valence-corrected chi connectivity index (χ2v) is 6.35. The molecule has 22 heavy (non-hydrogen) atoms. The summed E-state index contributed by atoms with van der Waals surface area (Å²) in [5.41, 5.74) is 4.88. The van der Waals surface area contributed by atoms with Crippen LogP contribution in [0.3, 0.4) is 0 Å². The third-order valence-corrected chi connectivity index (χ3v) is 4.95. The molecule has 110 valence electrons. The Balaban J connectivity index is 1.92. The molecule has 0 fully saturated rings. The minimum atomic E-state index is 0.753. The van der Waals surface area contributed by atoms with E-state index in [-0.39, 0.29) is 0 Å². The Kier molecular flexibility index (Phi) is 3.13. The highest BCUT2D eigenvalue weighted by Gasteiger charge is 2.18. The van der Waals surface area contributed by atoms with E-state index in [1.807, 2.05) is 4.57 Å². The van der Waals surface area contributed by atoms with Gasteiger partial charge in [0.25, 0.3) is 0 Å². The van der Waals surface area contributed by atoms with Crippen LogP contribution in [0.2, 0.25) is 0 Å². The predicted molar refractivity (Wildman–Crippen MR) is 92.8 cm³/mol. The predicted octanol–water partition coefficient (Wildman–Crippen LogP) is 4.26. The first-order chi connectivity index (χ1) is 10.6. The molecule has 0 amide bonds. The van der Waals surface area contributed by atoms with Gasteiger partial charge in [-0.05, 0) is 54.6 Å². The lowest BCUT2D eigenvalue weighted by atomic mass is 10.1. The van der Waals surface area contributed by atoms with Gasteiger partial charge in [0.05, 0.1) is 18.8 Å². The number of aromatic nitrogens is 3. The highest BCUT2D eigenvalue weighted by Crippen LogP contribution is 2.21. The molecule has 0 saturated carbocycles. The molecule has 0 saturated heterocycles. The van der Waals surface area contributed by atoms with E-state index in [2.05, 4.69) is 64.8 Å². The van der Waals surface area contributed by atoms with Crippen LogP contribution in [0.5, 0.6) is 0 Å². The summed E-state index contributed by atoms with van der Waals surface area (Å²) >= 11 is 11.4. The molecule has 0 radical (unpaired) electrons. The first-order valence-electron chi connectivity index (χ1n) is 7.21. The van der Waals surface area contributed by atoms with Gasteiger partial charge in [-0.15, -0.1) is 0 Å². The second kappa shape index (κ2) is 5.04. The summed E-state index contributed by atoms with van der Waals surface area (Å²) < 4.78 is 7.68. The van der Waals surface area contributed by atoms with Crippen LogP contribution in [0.4, 0.5) is 0 Å². The lowest BCUT2D eigenvalue weighted by Gasteiger charge is -2.20. The number of benzene rings is 2. The molecule has 4 rings (SSSR count). The molecule has 0 unspecified atom stereocenters. The normalized spacial score (nSPS) is 12.8. The standard InChI is InChI=1S/C17H15N3S2/c1-12-6-8-15(9-7-12)20-16(21)18-10-13-4-2-3-5-14(13)11-19(18)17(20)22/h2-9H,10-11H2,1H3. The van der Waals surface area contributed by atoms with Gasteiger partial charge in [0.1, 0.15) is 0 Å². The molecule has 0 N–H and O–H groups in total. The summed E-state index contributed by atoms with van der Waals surface area (Å²) in [6.07, 6.45) is 0. The topological polar surface area (TPSA) is 14.8 Å². The van der Waals surface area contributed by atoms with E-state index < -0.39 is 0 Å². The Labute approximate surface area is 139 Å². The van der Waals surface area contributed by atoms with Gasteiger partial charge in [0.2, 0.25) is 9.54 Å². The number of hydrogen-bond acceptors (Lipinski definition) is 2. The lowest BCUT2D eigenvalue weighted by Crippen LogP contribution is -2.21. The van der Waals surface area contributed by atoms with Crippen LogP contribution in [-0.2, 0) is 13.1 Å². The van der Waals surface area contributed by atoms with Crippen LogP contribution < -0.4 is 0 Å². The molecule has 2 aromatic carbocycles. The molecule has 0 spiro atoms. The molecule has 0 atom stereocenters. The Hall–Kier alpha value is -1.98. The Morgan fingerprint density at radius 1 is 0.773 bits per heavy atom. The molecule has 1 aliphatic rings. The molecular formula is C17H15N3S2. The summed E-state index contributed by atoms with van der Waals surface area (Å²) in [7, 11) is 0. The number of nitrogens with zero attached hydrogens (tertiary/aromatic N) is 3. The maximum Gasteiger partial charge on any atom is 0.202 e. The average Bonchev–Trinajstić information content (AvgIpc) is 2.78. The summed E-state index contributed by atoms with van der Waals surface area (Å²) in [6.45, 7) is 3.63. The largest absolute Gasteiger partial charge is 0.261 e. The van der Waals surface area contributed by atoms with Crippen LogP contribution in [0.15, 0.2) is 48.5 Å². The summed E-state index contributed by atoms with van der Waals surface area (Å²) in [5.74, 6) is 0.